The maximum atomic E-state index is 12.6. The van der Waals surface area contributed by atoms with E-state index in [-0.39, 0.29) is 17.5 Å². The van der Waals surface area contributed by atoms with Crippen LogP contribution >= 0.6 is 0 Å². The maximum absolute atomic E-state index is 12.6. The number of benzene rings is 1. The summed E-state index contributed by atoms with van der Waals surface area (Å²) in [7, 11) is -1.47. The molecule has 5 nitrogen and oxygen atoms in total. The first-order valence-corrected chi connectivity index (χ1v) is 8.21. The number of hydrogen-bond acceptors (Lipinski definition) is 4. The zero-order valence-electron chi connectivity index (χ0n) is 12.2. The van der Waals surface area contributed by atoms with Crippen LogP contribution in [0.1, 0.15) is 18.1 Å². The van der Waals surface area contributed by atoms with Gasteiger partial charge in [-0.2, -0.15) is 4.31 Å². The van der Waals surface area contributed by atoms with Crippen molar-refractivity contribution in [3.05, 3.63) is 29.3 Å². The minimum Gasteiger partial charge on any atom is -0.392 e. The highest BCUT2D eigenvalue weighted by Crippen LogP contribution is 2.22. The highest BCUT2D eigenvalue weighted by atomic mass is 32.2. The van der Waals surface area contributed by atoms with Crippen LogP contribution < -0.4 is 0 Å². The Morgan fingerprint density at radius 1 is 1.35 bits per heavy atom. The lowest BCUT2D eigenvalue weighted by Crippen LogP contribution is -2.51. The zero-order chi connectivity index (χ0) is 14.9. The first-order valence-electron chi connectivity index (χ1n) is 6.77. The standard InChI is InChI=1S/C14H22N2O3S/c1-11-4-5-14(8-13(11)10-17)20(18,19)16-7-6-15(3)12(2)9-16/h4-5,8,12,17H,6-7,9-10H2,1-3H3. The number of piperazine rings is 1. The molecule has 1 N–H and O–H groups in total. The van der Waals surface area contributed by atoms with Crippen LogP contribution in [-0.4, -0.2) is 55.5 Å². The van der Waals surface area contributed by atoms with Gasteiger partial charge in [0, 0.05) is 25.7 Å². The fourth-order valence-corrected chi connectivity index (χ4v) is 3.92. The molecule has 1 fully saturated rings. The molecule has 112 valence electrons. The van der Waals surface area contributed by atoms with Crippen molar-refractivity contribution in [2.24, 2.45) is 0 Å². The molecule has 20 heavy (non-hydrogen) atoms. The van der Waals surface area contributed by atoms with Gasteiger partial charge in [-0.1, -0.05) is 6.07 Å². The van der Waals surface area contributed by atoms with Crippen molar-refractivity contribution in [2.45, 2.75) is 31.4 Å². The molecule has 1 aliphatic heterocycles. The molecule has 2 rings (SSSR count). The van der Waals surface area contributed by atoms with E-state index in [0.29, 0.717) is 18.7 Å². The monoisotopic (exact) mass is 298 g/mol. The summed E-state index contributed by atoms with van der Waals surface area (Å²) in [5.41, 5.74) is 1.56. The summed E-state index contributed by atoms with van der Waals surface area (Å²) >= 11 is 0. The summed E-state index contributed by atoms with van der Waals surface area (Å²) in [5.74, 6) is 0. The lowest BCUT2D eigenvalue weighted by molar-refractivity contribution is 0.159. The normalized spacial score (nSPS) is 22.1. The fraction of sp³-hybridized carbons (Fsp3) is 0.571. The van der Waals surface area contributed by atoms with Crippen molar-refractivity contribution >= 4 is 10.0 Å². The van der Waals surface area contributed by atoms with Crippen molar-refractivity contribution in [1.29, 1.82) is 0 Å². The number of sulfonamides is 1. The van der Waals surface area contributed by atoms with Crippen molar-refractivity contribution in [3.63, 3.8) is 0 Å². The van der Waals surface area contributed by atoms with Gasteiger partial charge in [0.25, 0.3) is 0 Å². The Hall–Kier alpha value is -0.950. The van der Waals surface area contributed by atoms with Crippen LogP contribution in [0, 0.1) is 6.92 Å². The van der Waals surface area contributed by atoms with Crippen LogP contribution in [0.5, 0.6) is 0 Å². The fourth-order valence-electron chi connectivity index (χ4n) is 2.36. The molecule has 0 bridgehead atoms. The van der Waals surface area contributed by atoms with Crippen molar-refractivity contribution in [3.8, 4) is 0 Å². The molecular formula is C14H22N2O3S. The summed E-state index contributed by atoms with van der Waals surface area (Å²) in [5, 5.41) is 9.28. The lowest BCUT2D eigenvalue weighted by Gasteiger charge is -2.36. The Morgan fingerprint density at radius 3 is 2.65 bits per heavy atom. The van der Waals surface area contributed by atoms with E-state index in [9.17, 15) is 13.5 Å². The molecule has 0 aliphatic carbocycles. The van der Waals surface area contributed by atoms with Crippen LogP contribution in [-0.2, 0) is 16.6 Å². The first-order chi connectivity index (χ1) is 9.36. The number of aryl methyl sites for hydroxylation is 1. The Morgan fingerprint density at radius 2 is 2.05 bits per heavy atom. The molecule has 1 aliphatic rings. The third-order valence-corrected chi connectivity index (χ3v) is 5.91. The van der Waals surface area contributed by atoms with Gasteiger partial charge in [-0.05, 0) is 44.2 Å². The van der Waals surface area contributed by atoms with E-state index in [1.54, 1.807) is 18.2 Å². The van der Waals surface area contributed by atoms with E-state index in [2.05, 4.69) is 4.90 Å². The van der Waals surface area contributed by atoms with Gasteiger partial charge in [0.2, 0.25) is 10.0 Å². The Kier molecular flexibility index (Phi) is 4.49. The second-order valence-corrected chi connectivity index (χ2v) is 7.38. The maximum Gasteiger partial charge on any atom is 0.243 e. The molecule has 1 aromatic rings. The largest absolute Gasteiger partial charge is 0.392 e. The van der Waals surface area contributed by atoms with Gasteiger partial charge in [-0.15, -0.1) is 0 Å². The molecule has 1 heterocycles. The number of likely N-dealkylation sites (N-methyl/N-ethyl adjacent to an activating group) is 1. The molecule has 1 saturated heterocycles. The average Bonchev–Trinajstić information content (AvgIpc) is 2.42. The van der Waals surface area contributed by atoms with Gasteiger partial charge >= 0.3 is 0 Å². The van der Waals surface area contributed by atoms with E-state index >= 15 is 0 Å². The van der Waals surface area contributed by atoms with Crippen LogP contribution in [0.25, 0.3) is 0 Å². The average molecular weight is 298 g/mol. The summed E-state index contributed by atoms with van der Waals surface area (Å²) < 4.78 is 26.8. The van der Waals surface area contributed by atoms with Gasteiger partial charge in [0.1, 0.15) is 0 Å². The third kappa shape index (κ3) is 2.88. The lowest BCUT2D eigenvalue weighted by atomic mass is 10.1. The Labute approximate surface area is 120 Å². The molecule has 1 atom stereocenters. The van der Waals surface area contributed by atoms with Crippen LogP contribution in [0.3, 0.4) is 0 Å². The minimum atomic E-state index is -3.47. The minimum absolute atomic E-state index is 0.145. The molecule has 0 radical (unpaired) electrons. The highest BCUT2D eigenvalue weighted by Gasteiger charge is 2.30. The Balaban J connectivity index is 2.31. The van der Waals surface area contributed by atoms with Crippen LogP contribution in [0.2, 0.25) is 0 Å². The van der Waals surface area contributed by atoms with Crippen molar-refractivity contribution in [2.75, 3.05) is 26.7 Å². The Bertz CT molecular complexity index is 586. The summed E-state index contributed by atoms with van der Waals surface area (Å²) in [6, 6.07) is 5.15. The molecular weight excluding hydrogens is 276 g/mol. The second kappa shape index (κ2) is 5.81. The van der Waals surface area contributed by atoms with Gasteiger partial charge in [-0.3, -0.25) is 0 Å². The smallest absolute Gasteiger partial charge is 0.243 e. The van der Waals surface area contributed by atoms with E-state index < -0.39 is 10.0 Å². The number of rotatable bonds is 3. The number of nitrogens with zero attached hydrogens (tertiary/aromatic N) is 2. The van der Waals surface area contributed by atoms with Crippen LogP contribution in [0.15, 0.2) is 23.1 Å². The van der Waals surface area contributed by atoms with Crippen molar-refractivity contribution in [1.82, 2.24) is 9.21 Å². The van der Waals surface area contributed by atoms with Crippen molar-refractivity contribution < 1.29 is 13.5 Å². The summed E-state index contributed by atoms with van der Waals surface area (Å²) in [6.45, 7) is 5.48. The number of hydrogen-bond donors (Lipinski definition) is 1. The number of aliphatic hydroxyl groups excluding tert-OH is 1. The van der Waals surface area contributed by atoms with E-state index in [0.717, 1.165) is 12.1 Å². The number of aliphatic hydroxyl groups is 1. The van der Waals surface area contributed by atoms with Gasteiger partial charge in [0.15, 0.2) is 0 Å². The van der Waals surface area contributed by atoms with Gasteiger partial charge in [-0.25, -0.2) is 8.42 Å². The van der Waals surface area contributed by atoms with E-state index in [1.807, 2.05) is 20.9 Å². The predicted octanol–water partition coefficient (Wildman–Crippen LogP) is 0.812. The van der Waals surface area contributed by atoms with E-state index in [4.69, 9.17) is 0 Å². The molecule has 1 aromatic carbocycles. The molecule has 1 unspecified atom stereocenters. The molecule has 0 aromatic heterocycles. The second-order valence-electron chi connectivity index (χ2n) is 5.44. The molecule has 6 heteroatoms. The topological polar surface area (TPSA) is 60.9 Å². The predicted molar refractivity (Wildman–Crippen MR) is 78.0 cm³/mol. The van der Waals surface area contributed by atoms with Gasteiger partial charge in [0.05, 0.1) is 11.5 Å². The van der Waals surface area contributed by atoms with Crippen LogP contribution in [0.4, 0.5) is 0 Å². The van der Waals surface area contributed by atoms with E-state index in [1.165, 1.54) is 4.31 Å². The molecule has 0 spiro atoms. The molecule has 0 amide bonds. The third-order valence-electron chi connectivity index (χ3n) is 4.05. The summed E-state index contributed by atoms with van der Waals surface area (Å²) in [6.07, 6.45) is 0. The SMILES string of the molecule is Cc1ccc(S(=O)(=O)N2CCN(C)C(C)C2)cc1CO. The first kappa shape index (κ1) is 15.4. The summed E-state index contributed by atoms with van der Waals surface area (Å²) in [4.78, 5) is 2.42. The quantitative estimate of drug-likeness (QED) is 0.897. The molecule has 0 saturated carbocycles. The highest BCUT2D eigenvalue weighted by molar-refractivity contribution is 7.89. The van der Waals surface area contributed by atoms with Gasteiger partial charge < -0.3 is 10.0 Å². The zero-order valence-corrected chi connectivity index (χ0v) is 13.0.